The number of halogens is 1. The van der Waals surface area contributed by atoms with Gasteiger partial charge in [-0.25, -0.2) is 4.39 Å². The number of hydrogen-bond donors (Lipinski definition) is 0. The molecule has 0 aliphatic carbocycles. The Bertz CT molecular complexity index is 1270. The van der Waals surface area contributed by atoms with Crippen LogP contribution in [0.2, 0.25) is 0 Å². The highest BCUT2D eigenvalue weighted by atomic mass is 19.1. The number of carbonyl (C=O) groups is 1. The van der Waals surface area contributed by atoms with E-state index in [9.17, 15) is 9.18 Å². The van der Waals surface area contributed by atoms with E-state index < -0.39 is 0 Å². The summed E-state index contributed by atoms with van der Waals surface area (Å²) in [6.45, 7) is 9.91. The molecule has 1 fully saturated rings. The molecule has 1 aliphatic rings. The van der Waals surface area contributed by atoms with Gasteiger partial charge in [0.05, 0.1) is 18.7 Å². The van der Waals surface area contributed by atoms with Crippen molar-refractivity contribution in [3.8, 4) is 17.6 Å². The number of ketones is 1. The molecule has 0 spiro atoms. The molecule has 200 valence electrons. The Morgan fingerprint density at radius 1 is 1.00 bits per heavy atom. The predicted octanol–water partition coefficient (Wildman–Crippen LogP) is 6.12. The summed E-state index contributed by atoms with van der Waals surface area (Å²) in [6, 6.07) is 14.2. The average Bonchev–Trinajstić information content (AvgIpc) is 3.37. The number of carbonyl (C=O) groups excluding carboxylic acids is 1. The van der Waals surface area contributed by atoms with Gasteiger partial charge < -0.3 is 14.2 Å². The van der Waals surface area contributed by atoms with Crippen molar-refractivity contribution in [3.63, 3.8) is 0 Å². The summed E-state index contributed by atoms with van der Waals surface area (Å²) in [6.07, 6.45) is 5.29. The van der Waals surface area contributed by atoms with Crippen LogP contribution in [0.25, 0.3) is 0 Å². The van der Waals surface area contributed by atoms with Crippen molar-refractivity contribution >= 4 is 5.78 Å². The van der Waals surface area contributed by atoms with Gasteiger partial charge in [0.15, 0.2) is 11.6 Å². The number of likely N-dealkylation sites (tertiary alicyclic amines) is 1. The third-order valence-electron chi connectivity index (χ3n) is 6.64. The molecular formula is C32H37FN2O3. The minimum absolute atomic E-state index is 0.0763. The first-order valence-electron chi connectivity index (χ1n) is 13.5. The Morgan fingerprint density at radius 2 is 1.71 bits per heavy atom. The van der Waals surface area contributed by atoms with Crippen molar-refractivity contribution in [1.29, 1.82) is 0 Å². The lowest BCUT2D eigenvalue weighted by atomic mass is 9.93. The molecule has 0 amide bonds. The molecule has 0 radical (unpaired) electrons. The van der Waals surface area contributed by atoms with Crippen LogP contribution in [0, 0.1) is 17.7 Å². The van der Waals surface area contributed by atoms with Crippen LogP contribution >= 0.6 is 0 Å². The van der Waals surface area contributed by atoms with Crippen molar-refractivity contribution in [2.45, 2.75) is 64.7 Å². The normalized spacial score (nSPS) is 14.1. The van der Waals surface area contributed by atoms with Crippen LogP contribution in [-0.4, -0.2) is 42.1 Å². The lowest BCUT2D eigenvalue weighted by Crippen LogP contribution is -2.31. The zero-order valence-electron chi connectivity index (χ0n) is 22.7. The molecule has 2 aromatic carbocycles. The maximum Gasteiger partial charge on any atom is 0.165 e. The number of piperidine rings is 1. The largest absolute Gasteiger partial charge is 0.490 e. The summed E-state index contributed by atoms with van der Waals surface area (Å²) in [7, 11) is 0. The quantitative estimate of drug-likeness (QED) is 0.253. The Balaban J connectivity index is 1.27. The second kappa shape index (κ2) is 12.9. The van der Waals surface area contributed by atoms with E-state index in [-0.39, 0.29) is 29.2 Å². The number of ether oxygens (including phenoxy) is 1. The van der Waals surface area contributed by atoms with E-state index in [0.717, 1.165) is 42.9 Å². The van der Waals surface area contributed by atoms with Gasteiger partial charge in [-0.1, -0.05) is 56.3 Å². The van der Waals surface area contributed by atoms with Gasteiger partial charge in [-0.3, -0.25) is 4.79 Å². The average molecular weight is 517 g/mol. The maximum absolute atomic E-state index is 14.2. The van der Waals surface area contributed by atoms with Gasteiger partial charge in [0.1, 0.15) is 11.5 Å². The lowest BCUT2D eigenvalue weighted by Gasteiger charge is -2.26. The van der Waals surface area contributed by atoms with Gasteiger partial charge in [-0.2, -0.15) is 0 Å². The molecule has 38 heavy (non-hydrogen) atoms. The van der Waals surface area contributed by atoms with E-state index >= 15 is 0 Å². The first-order chi connectivity index (χ1) is 18.3. The summed E-state index contributed by atoms with van der Waals surface area (Å²) in [5.41, 5.74) is 2.95. The Kier molecular flexibility index (Phi) is 9.36. The summed E-state index contributed by atoms with van der Waals surface area (Å²) < 4.78 is 25.3. The fourth-order valence-electron chi connectivity index (χ4n) is 4.44. The van der Waals surface area contributed by atoms with E-state index in [0.29, 0.717) is 24.3 Å². The second-order valence-electron chi connectivity index (χ2n) is 11.0. The van der Waals surface area contributed by atoms with Crippen LogP contribution in [0.4, 0.5) is 4.39 Å². The number of hydrogen-bond acceptors (Lipinski definition) is 5. The van der Waals surface area contributed by atoms with Crippen molar-refractivity contribution in [1.82, 2.24) is 10.1 Å². The molecule has 0 atom stereocenters. The van der Waals surface area contributed by atoms with Gasteiger partial charge in [0, 0.05) is 35.6 Å². The molecular weight excluding hydrogens is 479 g/mol. The van der Waals surface area contributed by atoms with Gasteiger partial charge in [-0.05, 0) is 68.2 Å². The first kappa shape index (κ1) is 27.6. The highest BCUT2D eigenvalue weighted by molar-refractivity contribution is 5.82. The molecule has 1 aromatic heterocycles. The van der Waals surface area contributed by atoms with Crippen LogP contribution in [0.3, 0.4) is 0 Å². The maximum atomic E-state index is 14.2. The van der Waals surface area contributed by atoms with Gasteiger partial charge in [0.2, 0.25) is 0 Å². The molecule has 3 aromatic rings. The molecule has 2 heterocycles. The molecule has 0 bridgehead atoms. The predicted molar refractivity (Wildman–Crippen MR) is 147 cm³/mol. The van der Waals surface area contributed by atoms with Crippen LogP contribution < -0.4 is 4.74 Å². The van der Waals surface area contributed by atoms with E-state index in [4.69, 9.17) is 9.26 Å². The molecule has 4 rings (SSSR count). The van der Waals surface area contributed by atoms with Crippen molar-refractivity contribution in [2.75, 3.05) is 26.2 Å². The molecule has 1 saturated heterocycles. The molecule has 1 aliphatic heterocycles. The van der Waals surface area contributed by atoms with Crippen molar-refractivity contribution in [2.24, 2.45) is 0 Å². The summed E-state index contributed by atoms with van der Waals surface area (Å²) in [5.74, 6) is 6.92. The van der Waals surface area contributed by atoms with E-state index in [1.165, 1.54) is 25.3 Å². The molecule has 0 saturated carbocycles. The lowest BCUT2D eigenvalue weighted by molar-refractivity contribution is -0.117. The topological polar surface area (TPSA) is 55.6 Å². The minimum Gasteiger partial charge on any atom is -0.490 e. The van der Waals surface area contributed by atoms with E-state index in [1.54, 1.807) is 12.1 Å². The SMILES string of the molecule is CC(C)(C)c1cc(CC(=O)Cc2ccc(C#Cc3ccc(F)c(OCCCN4CCCCC4)c3)cc2)no1. The minimum atomic E-state index is -0.372. The van der Waals surface area contributed by atoms with E-state index in [1.807, 2.05) is 51.1 Å². The number of Topliss-reactive ketones (excluding diaryl/α,β-unsaturated/α-hetero) is 1. The summed E-state index contributed by atoms with van der Waals surface area (Å²) >= 11 is 0. The van der Waals surface area contributed by atoms with Crippen molar-refractivity contribution < 1.29 is 18.4 Å². The number of nitrogens with zero attached hydrogens (tertiary/aromatic N) is 2. The fourth-order valence-corrected chi connectivity index (χ4v) is 4.44. The molecule has 0 N–H and O–H groups in total. The summed E-state index contributed by atoms with van der Waals surface area (Å²) in [5, 5.41) is 4.03. The zero-order valence-corrected chi connectivity index (χ0v) is 22.7. The zero-order chi connectivity index (χ0) is 27.0. The van der Waals surface area contributed by atoms with Gasteiger partial charge >= 0.3 is 0 Å². The highest BCUT2D eigenvalue weighted by Crippen LogP contribution is 2.23. The molecule has 0 unspecified atom stereocenters. The molecule has 5 nitrogen and oxygen atoms in total. The standard InChI is InChI=1S/C32H37FN2O3/c1-32(2,3)31-23-27(34-38-31)22-28(36)20-25-11-8-24(9-12-25)10-13-26-14-15-29(33)30(21-26)37-19-7-18-35-16-5-4-6-17-35/h8-9,11-12,14-15,21,23H,4-7,16-20,22H2,1-3H3. The smallest absolute Gasteiger partial charge is 0.165 e. The molecule has 6 heteroatoms. The second-order valence-corrected chi connectivity index (χ2v) is 11.0. The fraction of sp³-hybridized carbons (Fsp3) is 0.438. The first-order valence-corrected chi connectivity index (χ1v) is 13.5. The Labute approximate surface area is 225 Å². The van der Waals surface area contributed by atoms with Gasteiger partial charge in [0.25, 0.3) is 0 Å². The van der Waals surface area contributed by atoms with Crippen LogP contribution in [-0.2, 0) is 23.1 Å². The Morgan fingerprint density at radius 3 is 2.42 bits per heavy atom. The third kappa shape index (κ3) is 8.29. The van der Waals surface area contributed by atoms with Crippen LogP contribution in [0.5, 0.6) is 5.75 Å². The monoisotopic (exact) mass is 516 g/mol. The summed E-state index contributed by atoms with van der Waals surface area (Å²) in [4.78, 5) is 15.0. The number of aromatic nitrogens is 1. The number of benzene rings is 2. The van der Waals surface area contributed by atoms with Crippen molar-refractivity contribution in [3.05, 3.63) is 82.5 Å². The van der Waals surface area contributed by atoms with E-state index in [2.05, 4.69) is 21.9 Å². The van der Waals surface area contributed by atoms with Crippen LogP contribution in [0.15, 0.2) is 53.1 Å². The highest BCUT2D eigenvalue weighted by Gasteiger charge is 2.20. The van der Waals surface area contributed by atoms with Gasteiger partial charge in [-0.15, -0.1) is 0 Å². The third-order valence-corrected chi connectivity index (χ3v) is 6.64. The Hall–Kier alpha value is -3.43. The van der Waals surface area contributed by atoms with Crippen LogP contribution in [0.1, 0.15) is 74.6 Å². The number of rotatable bonds is 9.